The largest absolute Gasteiger partial charge is 0.354 e. The van der Waals surface area contributed by atoms with Gasteiger partial charge in [-0.3, -0.25) is 24.5 Å². The number of aryl methyl sites for hydroxylation is 1. The first-order valence-electron chi connectivity index (χ1n) is 11.7. The summed E-state index contributed by atoms with van der Waals surface area (Å²) in [6, 6.07) is 16.7. The molecule has 0 bridgehead atoms. The second kappa shape index (κ2) is 10.4. The Balaban J connectivity index is 1.63. The average Bonchev–Trinajstić information content (AvgIpc) is 2.93. The topological polar surface area (TPSA) is 121 Å². The van der Waals surface area contributed by atoms with E-state index in [-0.39, 0.29) is 11.8 Å². The van der Waals surface area contributed by atoms with Gasteiger partial charge in [0.15, 0.2) is 0 Å². The van der Waals surface area contributed by atoms with E-state index in [1.54, 1.807) is 57.7 Å². The van der Waals surface area contributed by atoms with Crippen LogP contribution in [0.15, 0.2) is 73.3 Å². The number of aromatic nitrogens is 3. The number of amides is 2. The van der Waals surface area contributed by atoms with E-state index in [0.717, 1.165) is 27.8 Å². The number of hydrogen-bond acceptors (Lipinski definition) is 6. The normalized spacial score (nSPS) is 10.9. The quantitative estimate of drug-likeness (QED) is 0.395. The number of hydrogen-bond donors (Lipinski definition) is 2. The standard InChI is InChI=1S/C29H26N6O2/c1-18-5-6-23(35-27(36)20-8-10-34-26(13-20)29(2,3)17-30)14-24(18)22-11-21(15-32-16-22)19-7-9-33-25(12-19)28(37)31-4/h5-16H,1-4H3,(H,31,37)(H,35,36). The highest BCUT2D eigenvalue weighted by Gasteiger charge is 2.22. The second-order valence-electron chi connectivity index (χ2n) is 9.12. The molecule has 4 aromatic rings. The molecule has 0 aliphatic carbocycles. The molecule has 0 saturated heterocycles. The number of pyridine rings is 3. The molecule has 0 saturated carbocycles. The average molecular weight is 491 g/mol. The third-order valence-electron chi connectivity index (χ3n) is 6.04. The van der Waals surface area contributed by atoms with Crippen LogP contribution in [-0.2, 0) is 5.41 Å². The molecular weight excluding hydrogens is 464 g/mol. The molecule has 0 fully saturated rings. The molecule has 0 atom stereocenters. The maximum absolute atomic E-state index is 13.0. The summed E-state index contributed by atoms with van der Waals surface area (Å²) in [7, 11) is 1.56. The Morgan fingerprint density at radius 3 is 2.41 bits per heavy atom. The van der Waals surface area contributed by atoms with Gasteiger partial charge in [0.25, 0.3) is 11.8 Å². The zero-order chi connectivity index (χ0) is 26.6. The van der Waals surface area contributed by atoms with E-state index in [0.29, 0.717) is 22.6 Å². The molecule has 2 amide bonds. The Kier molecular flexibility index (Phi) is 7.07. The number of carbonyl (C=O) groups excluding carboxylic acids is 2. The van der Waals surface area contributed by atoms with Crippen molar-refractivity contribution in [3.05, 3.63) is 95.8 Å². The second-order valence-corrected chi connectivity index (χ2v) is 9.12. The molecule has 184 valence electrons. The van der Waals surface area contributed by atoms with Crippen LogP contribution in [0.1, 0.15) is 46.0 Å². The van der Waals surface area contributed by atoms with Crippen LogP contribution in [0.2, 0.25) is 0 Å². The summed E-state index contributed by atoms with van der Waals surface area (Å²) in [6.07, 6.45) is 6.63. The summed E-state index contributed by atoms with van der Waals surface area (Å²) in [5.41, 5.74) is 5.54. The lowest BCUT2D eigenvalue weighted by atomic mass is 9.90. The summed E-state index contributed by atoms with van der Waals surface area (Å²) in [5.74, 6) is -0.555. The molecule has 37 heavy (non-hydrogen) atoms. The van der Waals surface area contributed by atoms with Crippen molar-refractivity contribution in [2.24, 2.45) is 0 Å². The van der Waals surface area contributed by atoms with E-state index in [4.69, 9.17) is 0 Å². The molecular formula is C29H26N6O2. The third-order valence-corrected chi connectivity index (χ3v) is 6.04. The van der Waals surface area contributed by atoms with Crippen molar-refractivity contribution in [2.45, 2.75) is 26.2 Å². The minimum Gasteiger partial charge on any atom is -0.354 e. The van der Waals surface area contributed by atoms with Crippen LogP contribution in [0.25, 0.3) is 22.3 Å². The van der Waals surface area contributed by atoms with Crippen LogP contribution in [0.4, 0.5) is 5.69 Å². The zero-order valence-electron chi connectivity index (χ0n) is 21.0. The molecule has 0 unspecified atom stereocenters. The van der Waals surface area contributed by atoms with Gasteiger partial charge in [-0.05, 0) is 79.9 Å². The predicted molar refractivity (Wildman–Crippen MR) is 142 cm³/mol. The van der Waals surface area contributed by atoms with Gasteiger partial charge in [-0.1, -0.05) is 6.07 Å². The van der Waals surface area contributed by atoms with Crippen LogP contribution in [0.3, 0.4) is 0 Å². The van der Waals surface area contributed by atoms with E-state index in [1.165, 1.54) is 6.20 Å². The third kappa shape index (κ3) is 5.52. The van der Waals surface area contributed by atoms with Gasteiger partial charge in [0.2, 0.25) is 0 Å². The van der Waals surface area contributed by atoms with Crippen molar-refractivity contribution in [3.8, 4) is 28.3 Å². The first-order valence-corrected chi connectivity index (χ1v) is 11.7. The van der Waals surface area contributed by atoms with Crippen molar-refractivity contribution < 1.29 is 9.59 Å². The van der Waals surface area contributed by atoms with Gasteiger partial charge in [-0.15, -0.1) is 0 Å². The number of nitriles is 1. The first-order chi connectivity index (χ1) is 17.7. The minimum absolute atomic E-state index is 0.261. The Hall–Kier alpha value is -4.90. The van der Waals surface area contributed by atoms with Gasteiger partial charge in [0, 0.05) is 54.2 Å². The van der Waals surface area contributed by atoms with Crippen LogP contribution >= 0.6 is 0 Å². The minimum atomic E-state index is -0.804. The number of carbonyl (C=O) groups is 2. The fourth-order valence-electron chi connectivity index (χ4n) is 3.79. The highest BCUT2D eigenvalue weighted by atomic mass is 16.2. The van der Waals surface area contributed by atoms with Crippen molar-refractivity contribution in [2.75, 3.05) is 12.4 Å². The monoisotopic (exact) mass is 490 g/mol. The van der Waals surface area contributed by atoms with Crippen LogP contribution in [0.5, 0.6) is 0 Å². The van der Waals surface area contributed by atoms with E-state index in [9.17, 15) is 14.9 Å². The van der Waals surface area contributed by atoms with Gasteiger partial charge in [0.05, 0.1) is 17.2 Å². The molecule has 0 radical (unpaired) electrons. The SMILES string of the molecule is CNC(=O)c1cc(-c2cncc(-c3cc(NC(=O)c4ccnc(C(C)(C)C#N)c4)ccc3C)c2)ccn1. The summed E-state index contributed by atoms with van der Waals surface area (Å²) in [5, 5.41) is 14.9. The van der Waals surface area contributed by atoms with E-state index >= 15 is 0 Å². The van der Waals surface area contributed by atoms with Crippen LogP contribution in [0, 0.1) is 18.3 Å². The zero-order valence-corrected chi connectivity index (χ0v) is 21.0. The number of benzene rings is 1. The maximum Gasteiger partial charge on any atom is 0.269 e. The van der Waals surface area contributed by atoms with Crippen molar-refractivity contribution in [1.82, 2.24) is 20.3 Å². The predicted octanol–water partition coefficient (Wildman–Crippen LogP) is 4.93. The summed E-state index contributed by atoms with van der Waals surface area (Å²) >= 11 is 0. The molecule has 4 rings (SSSR count). The van der Waals surface area contributed by atoms with Crippen LogP contribution in [-0.4, -0.2) is 33.8 Å². The fourth-order valence-corrected chi connectivity index (χ4v) is 3.79. The Morgan fingerprint density at radius 2 is 1.65 bits per heavy atom. The molecule has 1 aromatic carbocycles. The van der Waals surface area contributed by atoms with Gasteiger partial charge in [-0.2, -0.15) is 5.26 Å². The van der Waals surface area contributed by atoms with Gasteiger partial charge < -0.3 is 10.6 Å². The van der Waals surface area contributed by atoms with Crippen LogP contribution < -0.4 is 10.6 Å². The number of nitrogens with one attached hydrogen (secondary N) is 2. The number of nitrogens with zero attached hydrogens (tertiary/aromatic N) is 4. The summed E-state index contributed by atoms with van der Waals surface area (Å²) in [6.45, 7) is 5.51. The smallest absolute Gasteiger partial charge is 0.269 e. The molecule has 2 N–H and O–H groups in total. The van der Waals surface area contributed by atoms with Crippen molar-refractivity contribution >= 4 is 17.5 Å². The summed E-state index contributed by atoms with van der Waals surface area (Å²) in [4.78, 5) is 37.8. The fraction of sp³-hybridized carbons (Fsp3) is 0.172. The Morgan fingerprint density at radius 1 is 0.892 bits per heavy atom. The molecule has 3 heterocycles. The van der Waals surface area contributed by atoms with Gasteiger partial charge in [-0.25, -0.2) is 0 Å². The van der Waals surface area contributed by atoms with E-state index in [2.05, 4.69) is 31.7 Å². The first kappa shape index (κ1) is 25.2. The van der Waals surface area contributed by atoms with Crippen molar-refractivity contribution in [1.29, 1.82) is 5.26 Å². The molecule has 0 aliphatic rings. The lowest BCUT2D eigenvalue weighted by Gasteiger charge is -2.15. The highest BCUT2D eigenvalue weighted by Crippen LogP contribution is 2.30. The van der Waals surface area contributed by atoms with Crippen molar-refractivity contribution in [3.63, 3.8) is 0 Å². The van der Waals surface area contributed by atoms with Gasteiger partial charge in [0.1, 0.15) is 5.69 Å². The highest BCUT2D eigenvalue weighted by molar-refractivity contribution is 6.04. The summed E-state index contributed by atoms with van der Waals surface area (Å²) < 4.78 is 0. The Labute approximate surface area is 215 Å². The lowest BCUT2D eigenvalue weighted by Crippen LogP contribution is -2.19. The lowest BCUT2D eigenvalue weighted by molar-refractivity contribution is 0.0957. The maximum atomic E-state index is 13.0. The number of rotatable bonds is 6. The molecule has 8 heteroatoms. The molecule has 8 nitrogen and oxygen atoms in total. The van der Waals surface area contributed by atoms with Gasteiger partial charge >= 0.3 is 0 Å². The molecule has 0 spiro atoms. The van der Waals surface area contributed by atoms with E-state index < -0.39 is 5.41 Å². The number of anilines is 1. The van der Waals surface area contributed by atoms with E-state index in [1.807, 2.05) is 37.3 Å². The Bertz CT molecular complexity index is 1540. The molecule has 0 aliphatic heterocycles. The molecule has 3 aromatic heterocycles.